The summed E-state index contributed by atoms with van der Waals surface area (Å²) >= 11 is 0. The molecule has 4 rings (SSSR count). The van der Waals surface area contributed by atoms with Crippen molar-refractivity contribution >= 4 is 28.3 Å². The van der Waals surface area contributed by atoms with Gasteiger partial charge < -0.3 is 10.1 Å². The first-order valence-corrected chi connectivity index (χ1v) is 7.04. The van der Waals surface area contributed by atoms with Crippen LogP contribution in [-0.2, 0) is 0 Å². The highest BCUT2D eigenvalue weighted by atomic mass is 16.3. The fraction of sp³-hybridized carbons (Fsp3) is 0. The van der Waals surface area contributed by atoms with Crippen LogP contribution in [0.1, 0.15) is 5.56 Å². The molecule has 0 unspecified atom stereocenters. The van der Waals surface area contributed by atoms with Crippen LogP contribution in [0.5, 0.6) is 5.75 Å². The van der Waals surface area contributed by atoms with Crippen molar-refractivity contribution in [1.82, 2.24) is 14.6 Å². The van der Waals surface area contributed by atoms with Gasteiger partial charge in [0.2, 0.25) is 5.43 Å². The number of H-pyrrole nitrogens is 1. The maximum atomic E-state index is 12.4. The molecule has 2 aromatic heterocycles. The second-order valence-corrected chi connectivity index (χ2v) is 5.09. The Morgan fingerprint density at radius 3 is 2.78 bits per heavy atom. The molecule has 0 aliphatic rings. The molecule has 0 aliphatic heterocycles. The lowest BCUT2D eigenvalue weighted by atomic mass is 10.2. The number of nitrogens with zero attached hydrogens (tertiary/aromatic N) is 3. The lowest BCUT2D eigenvalue weighted by Gasteiger charge is -2.00. The minimum absolute atomic E-state index is 0.133. The number of hydrogen-bond acceptors (Lipinski definition) is 4. The van der Waals surface area contributed by atoms with Gasteiger partial charge >= 0.3 is 0 Å². The normalized spacial score (nSPS) is 11.7. The molecule has 0 atom stereocenters. The van der Waals surface area contributed by atoms with E-state index in [0.717, 1.165) is 5.52 Å². The molecular formula is C17H12N4O2. The van der Waals surface area contributed by atoms with Crippen molar-refractivity contribution in [3.8, 4) is 5.75 Å². The lowest BCUT2D eigenvalue weighted by molar-refractivity contribution is 0.474. The smallest absolute Gasteiger partial charge is 0.217 e. The number of pyridine rings is 1. The minimum atomic E-state index is -0.133. The Labute approximate surface area is 130 Å². The number of rotatable bonds is 2. The molecule has 0 fully saturated rings. The van der Waals surface area contributed by atoms with Crippen molar-refractivity contribution in [3.63, 3.8) is 0 Å². The first kappa shape index (κ1) is 13.3. The third kappa shape index (κ3) is 2.17. The number of aromatic nitrogens is 3. The van der Waals surface area contributed by atoms with Crippen molar-refractivity contribution < 1.29 is 5.11 Å². The van der Waals surface area contributed by atoms with Crippen LogP contribution in [0.4, 0.5) is 0 Å². The molecule has 6 nitrogen and oxygen atoms in total. The van der Waals surface area contributed by atoms with Crippen LogP contribution < -0.4 is 5.43 Å². The predicted octanol–water partition coefficient (Wildman–Crippen LogP) is 2.47. The van der Waals surface area contributed by atoms with Gasteiger partial charge in [-0.3, -0.25) is 4.79 Å². The summed E-state index contributed by atoms with van der Waals surface area (Å²) in [6, 6.07) is 14.1. The number of phenols is 1. The summed E-state index contributed by atoms with van der Waals surface area (Å²) in [7, 11) is 0. The molecule has 0 radical (unpaired) electrons. The molecule has 0 aliphatic carbocycles. The van der Waals surface area contributed by atoms with Crippen LogP contribution >= 0.6 is 0 Å². The SMILES string of the molecule is O=c1c2ccccc2[nH]c2c1ncn2N=Cc1ccccc1O. The van der Waals surface area contributed by atoms with Crippen LogP contribution in [0.15, 0.2) is 64.8 Å². The maximum absolute atomic E-state index is 12.4. The summed E-state index contributed by atoms with van der Waals surface area (Å²) in [5.41, 5.74) is 2.02. The number of hydrogen-bond donors (Lipinski definition) is 2. The Bertz CT molecular complexity index is 1110. The summed E-state index contributed by atoms with van der Waals surface area (Å²) < 4.78 is 1.48. The van der Waals surface area contributed by atoms with Gasteiger partial charge in [0.15, 0.2) is 11.2 Å². The molecule has 2 heterocycles. The average Bonchev–Trinajstić information content (AvgIpc) is 2.98. The Morgan fingerprint density at radius 2 is 1.91 bits per heavy atom. The first-order valence-electron chi connectivity index (χ1n) is 7.04. The summed E-state index contributed by atoms with van der Waals surface area (Å²) in [4.78, 5) is 19.8. The van der Waals surface area contributed by atoms with E-state index >= 15 is 0 Å². The van der Waals surface area contributed by atoms with E-state index in [1.165, 1.54) is 17.2 Å². The Kier molecular flexibility index (Phi) is 2.94. The van der Waals surface area contributed by atoms with Crippen LogP contribution in [-0.4, -0.2) is 26.0 Å². The molecule has 0 saturated carbocycles. The minimum Gasteiger partial charge on any atom is -0.507 e. The quantitative estimate of drug-likeness (QED) is 0.558. The highest BCUT2D eigenvalue weighted by Gasteiger charge is 2.09. The van der Waals surface area contributed by atoms with Gasteiger partial charge in [-0.25, -0.2) is 9.66 Å². The number of benzene rings is 2. The van der Waals surface area contributed by atoms with Gasteiger partial charge in [0.25, 0.3) is 0 Å². The molecule has 0 bridgehead atoms. The average molecular weight is 304 g/mol. The molecule has 6 heteroatoms. The van der Waals surface area contributed by atoms with Gasteiger partial charge in [-0.2, -0.15) is 5.10 Å². The van der Waals surface area contributed by atoms with Crippen molar-refractivity contribution in [3.05, 3.63) is 70.6 Å². The molecule has 2 N–H and O–H groups in total. The van der Waals surface area contributed by atoms with Crippen LogP contribution in [0.25, 0.3) is 22.1 Å². The molecule has 4 aromatic rings. The van der Waals surface area contributed by atoms with Gasteiger partial charge in [0.1, 0.15) is 12.1 Å². The number of nitrogens with one attached hydrogen (secondary N) is 1. The van der Waals surface area contributed by atoms with Gasteiger partial charge in [-0.1, -0.05) is 24.3 Å². The van der Waals surface area contributed by atoms with E-state index < -0.39 is 0 Å². The van der Waals surface area contributed by atoms with Crippen LogP contribution in [0.2, 0.25) is 0 Å². The highest BCUT2D eigenvalue weighted by Crippen LogP contribution is 2.15. The molecule has 0 saturated heterocycles. The number of aromatic amines is 1. The van der Waals surface area contributed by atoms with E-state index in [0.29, 0.717) is 22.1 Å². The van der Waals surface area contributed by atoms with Gasteiger partial charge in [-0.05, 0) is 24.3 Å². The van der Waals surface area contributed by atoms with Crippen molar-refractivity contribution in [2.75, 3.05) is 0 Å². The van der Waals surface area contributed by atoms with Crippen LogP contribution in [0, 0.1) is 0 Å². The number of phenolic OH excluding ortho intramolecular Hbond substituents is 1. The predicted molar refractivity (Wildman–Crippen MR) is 89.0 cm³/mol. The second kappa shape index (κ2) is 5.10. The van der Waals surface area contributed by atoms with E-state index in [4.69, 9.17) is 0 Å². The van der Waals surface area contributed by atoms with Crippen molar-refractivity contribution in [1.29, 1.82) is 0 Å². The fourth-order valence-electron chi connectivity index (χ4n) is 2.48. The molecule has 112 valence electrons. The maximum Gasteiger partial charge on any atom is 0.217 e. The lowest BCUT2D eigenvalue weighted by Crippen LogP contribution is -2.04. The zero-order valence-corrected chi connectivity index (χ0v) is 12.0. The van der Waals surface area contributed by atoms with Gasteiger partial charge in [0.05, 0.1) is 11.7 Å². The van der Waals surface area contributed by atoms with Gasteiger partial charge in [-0.15, -0.1) is 0 Å². The Balaban J connectivity index is 1.89. The van der Waals surface area contributed by atoms with E-state index in [2.05, 4.69) is 15.1 Å². The van der Waals surface area contributed by atoms with Crippen molar-refractivity contribution in [2.24, 2.45) is 5.10 Å². The highest BCUT2D eigenvalue weighted by molar-refractivity contribution is 5.89. The number of fused-ring (bicyclic) bond motifs is 2. The van der Waals surface area contributed by atoms with E-state index in [1.54, 1.807) is 24.3 Å². The molecule has 0 spiro atoms. The third-order valence-corrected chi connectivity index (χ3v) is 3.65. The number of aromatic hydroxyl groups is 1. The summed E-state index contributed by atoms with van der Waals surface area (Å²) in [5.74, 6) is 0.139. The zero-order chi connectivity index (χ0) is 15.8. The van der Waals surface area contributed by atoms with Crippen LogP contribution in [0.3, 0.4) is 0 Å². The summed E-state index contributed by atoms with van der Waals surface area (Å²) in [5, 5.41) is 14.6. The standard InChI is InChI=1S/C17H12N4O2/c22-14-8-4-1-5-11(14)9-19-21-10-18-15-16(23)12-6-2-3-7-13(12)20-17(15)21/h1-10,22H,(H,20,23). The number of para-hydroxylation sites is 2. The summed E-state index contributed by atoms with van der Waals surface area (Å²) in [6.07, 6.45) is 2.99. The monoisotopic (exact) mass is 304 g/mol. The molecule has 2 aromatic carbocycles. The van der Waals surface area contributed by atoms with E-state index in [9.17, 15) is 9.90 Å². The second-order valence-electron chi connectivity index (χ2n) is 5.09. The fourth-order valence-corrected chi connectivity index (χ4v) is 2.48. The Hall–Kier alpha value is -3.41. The van der Waals surface area contributed by atoms with E-state index in [-0.39, 0.29) is 11.2 Å². The number of imidazole rings is 1. The molecular weight excluding hydrogens is 292 g/mol. The topological polar surface area (TPSA) is 83.3 Å². The first-order chi connectivity index (χ1) is 11.2. The largest absolute Gasteiger partial charge is 0.507 e. The van der Waals surface area contributed by atoms with E-state index in [1.807, 2.05) is 24.3 Å². The third-order valence-electron chi connectivity index (χ3n) is 3.65. The van der Waals surface area contributed by atoms with Gasteiger partial charge in [0, 0.05) is 10.9 Å². The van der Waals surface area contributed by atoms with Crippen molar-refractivity contribution in [2.45, 2.75) is 0 Å². The zero-order valence-electron chi connectivity index (χ0n) is 12.0. The Morgan fingerprint density at radius 1 is 1.13 bits per heavy atom. The summed E-state index contributed by atoms with van der Waals surface area (Å²) in [6.45, 7) is 0. The molecule has 0 amide bonds. The molecule has 23 heavy (non-hydrogen) atoms.